The van der Waals surface area contributed by atoms with E-state index in [0.717, 1.165) is 16.9 Å². The van der Waals surface area contributed by atoms with Crippen molar-refractivity contribution >= 4 is 0 Å². The number of hydrogen-bond acceptors (Lipinski definition) is 4. The van der Waals surface area contributed by atoms with E-state index in [2.05, 4.69) is 15.2 Å². The van der Waals surface area contributed by atoms with Crippen LogP contribution >= 0.6 is 0 Å². The number of furan rings is 1. The highest BCUT2D eigenvalue weighted by Crippen LogP contribution is 2.24. The van der Waals surface area contributed by atoms with Gasteiger partial charge in [0.1, 0.15) is 24.0 Å². The Labute approximate surface area is 120 Å². The lowest BCUT2D eigenvalue weighted by atomic mass is 10.1. The van der Waals surface area contributed by atoms with Gasteiger partial charge in [-0.15, -0.1) is 0 Å². The number of nitrogens with one attached hydrogen (secondary N) is 1. The minimum absolute atomic E-state index is 0.266. The second kappa shape index (κ2) is 5.88. The molecule has 0 spiro atoms. The van der Waals surface area contributed by atoms with Gasteiger partial charge in [0.05, 0.1) is 6.26 Å². The number of halogens is 1. The summed E-state index contributed by atoms with van der Waals surface area (Å²) in [6.45, 7) is 0. The average Bonchev–Trinajstić information content (AvgIpc) is 3.17. The highest BCUT2D eigenvalue weighted by molar-refractivity contribution is 5.62. The van der Waals surface area contributed by atoms with Gasteiger partial charge in [0, 0.05) is 12.0 Å². The van der Waals surface area contributed by atoms with Crippen molar-refractivity contribution in [1.82, 2.24) is 15.2 Å². The van der Waals surface area contributed by atoms with Gasteiger partial charge in [0.2, 0.25) is 0 Å². The van der Waals surface area contributed by atoms with Crippen molar-refractivity contribution in [1.29, 1.82) is 0 Å². The van der Waals surface area contributed by atoms with Crippen LogP contribution in [0.25, 0.3) is 11.1 Å². The number of benzene rings is 1. The summed E-state index contributed by atoms with van der Waals surface area (Å²) >= 11 is 0. The standard InChI is InChI=1S/C15H14FN3O2/c16-12-3-1-10(2-4-12)11-7-13(21-8-11)5-6-14(20)15-17-9-18-19-15/h1-4,7-9,14,20H,5-6H2,(H,17,18,19). The molecule has 0 aliphatic heterocycles. The topological polar surface area (TPSA) is 74.9 Å². The Morgan fingerprint density at radius 3 is 2.76 bits per heavy atom. The van der Waals surface area contributed by atoms with Gasteiger partial charge in [0.25, 0.3) is 0 Å². The van der Waals surface area contributed by atoms with Gasteiger partial charge in [-0.2, -0.15) is 5.10 Å². The van der Waals surface area contributed by atoms with E-state index in [-0.39, 0.29) is 5.82 Å². The van der Waals surface area contributed by atoms with E-state index < -0.39 is 6.10 Å². The van der Waals surface area contributed by atoms with Crippen LogP contribution in [0.1, 0.15) is 24.1 Å². The van der Waals surface area contributed by atoms with Crippen LogP contribution < -0.4 is 0 Å². The smallest absolute Gasteiger partial charge is 0.153 e. The Kier molecular flexibility index (Phi) is 3.79. The molecule has 21 heavy (non-hydrogen) atoms. The molecule has 0 amide bonds. The third-order valence-electron chi connectivity index (χ3n) is 3.24. The molecule has 0 aliphatic rings. The van der Waals surface area contributed by atoms with Gasteiger partial charge in [-0.3, -0.25) is 5.10 Å². The van der Waals surface area contributed by atoms with Crippen LogP contribution in [0.3, 0.4) is 0 Å². The fraction of sp³-hybridized carbons (Fsp3) is 0.200. The largest absolute Gasteiger partial charge is 0.469 e. The monoisotopic (exact) mass is 287 g/mol. The van der Waals surface area contributed by atoms with Crippen molar-refractivity contribution in [2.75, 3.05) is 0 Å². The molecule has 0 aliphatic carbocycles. The zero-order valence-electron chi connectivity index (χ0n) is 11.2. The van der Waals surface area contributed by atoms with Crippen molar-refractivity contribution in [3.63, 3.8) is 0 Å². The van der Waals surface area contributed by atoms with Crippen LogP contribution in [-0.4, -0.2) is 20.3 Å². The summed E-state index contributed by atoms with van der Waals surface area (Å²) in [6, 6.07) is 8.12. The molecule has 0 bridgehead atoms. The van der Waals surface area contributed by atoms with E-state index in [1.54, 1.807) is 18.4 Å². The fourth-order valence-corrected chi connectivity index (χ4v) is 2.10. The fourth-order valence-electron chi connectivity index (χ4n) is 2.10. The first-order valence-electron chi connectivity index (χ1n) is 6.59. The molecular weight excluding hydrogens is 273 g/mol. The molecule has 3 rings (SSSR count). The maximum Gasteiger partial charge on any atom is 0.153 e. The lowest BCUT2D eigenvalue weighted by Gasteiger charge is -2.04. The van der Waals surface area contributed by atoms with Gasteiger partial charge < -0.3 is 9.52 Å². The van der Waals surface area contributed by atoms with Crippen LogP contribution in [0.5, 0.6) is 0 Å². The van der Waals surface area contributed by atoms with Gasteiger partial charge in [-0.25, -0.2) is 9.37 Å². The number of aromatic nitrogens is 3. The maximum atomic E-state index is 12.9. The Hall–Kier alpha value is -2.47. The van der Waals surface area contributed by atoms with E-state index in [1.165, 1.54) is 18.5 Å². The lowest BCUT2D eigenvalue weighted by Crippen LogP contribution is -2.01. The van der Waals surface area contributed by atoms with Crippen LogP contribution in [0.15, 0.2) is 47.3 Å². The SMILES string of the molecule is OC(CCc1cc(-c2ccc(F)cc2)co1)c1ncn[nH]1. The molecule has 0 radical (unpaired) electrons. The molecule has 1 aromatic carbocycles. The number of aromatic amines is 1. The predicted molar refractivity (Wildman–Crippen MR) is 73.8 cm³/mol. The third kappa shape index (κ3) is 3.17. The average molecular weight is 287 g/mol. The summed E-state index contributed by atoms with van der Waals surface area (Å²) in [5.41, 5.74) is 1.78. The van der Waals surface area contributed by atoms with Crippen LogP contribution in [0.4, 0.5) is 4.39 Å². The summed E-state index contributed by atoms with van der Waals surface area (Å²) in [7, 11) is 0. The van der Waals surface area contributed by atoms with E-state index in [4.69, 9.17) is 4.42 Å². The minimum Gasteiger partial charge on any atom is -0.469 e. The maximum absolute atomic E-state index is 12.9. The first-order valence-corrected chi connectivity index (χ1v) is 6.59. The normalized spacial score (nSPS) is 12.5. The van der Waals surface area contributed by atoms with Gasteiger partial charge in [-0.1, -0.05) is 12.1 Å². The summed E-state index contributed by atoms with van der Waals surface area (Å²) in [4.78, 5) is 3.91. The summed E-state index contributed by atoms with van der Waals surface area (Å²) < 4.78 is 18.4. The van der Waals surface area contributed by atoms with Crippen LogP contribution in [0, 0.1) is 5.82 Å². The number of hydrogen-bond donors (Lipinski definition) is 2. The molecule has 108 valence electrons. The van der Waals surface area contributed by atoms with Crippen molar-refractivity contribution in [3.8, 4) is 11.1 Å². The molecule has 0 fully saturated rings. The molecule has 3 aromatic rings. The quantitative estimate of drug-likeness (QED) is 0.756. The highest BCUT2D eigenvalue weighted by Gasteiger charge is 2.12. The molecule has 2 N–H and O–H groups in total. The van der Waals surface area contributed by atoms with Crippen molar-refractivity contribution in [2.45, 2.75) is 18.9 Å². The molecule has 1 unspecified atom stereocenters. The van der Waals surface area contributed by atoms with E-state index in [1.807, 2.05) is 6.07 Å². The minimum atomic E-state index is -0.702. The molecule has 6 heteroatoms. The highest BCUT2D eigenvalue weighted by atomic mass is 19.1. The van der Waals surface area contributed by atoms with Gasteiger partial charge in [-0.05, 0) is 30.2 Å². The molecule has 0 saturated heterocycles. The number of nitrogens with zero attached hydrogens (tertiary/aromatic N) is 2. The lowest BCUT2D eigenvalue weighted by molar-refractivity contribution is 0.156. The van der Waals surface area contributed by atoms with E-state index >= 15 is 0 Å². The van der Waals surface area contributed by atoms with Crippen molar-refractivity contribution < 1.29 is 13.9 Å². The molecular formula is C15H14FN3O2. The van der Waals surface area contributed by atoms with Crippen molar-refractivity contribution in [2.24, 2.45) is 0 Å². The van der Waals surface area contributed by atoms with E-state index in [9.17, 15) is 9.50 Å². The molecule has 2 aromatic heterocycles. The first-order chi connectivity index (χ1) is 10.2. The summed E-state index contributed by atoms with van der Waals surface area (Å²) in [5.74, 6) is 0.936. The second-order valence-corrected chi connectivity index (χ2v) is 4.73. The van der Waals surface area contributed by atoms with Crippen molar-refractivity contribution in [3.05, 3.63) is 60.3 Å². The Bertz CT molecular complexity index is 692. The van der Waals surface area contributed by atoms with Gasteiger partial charge in [0.15, 0.2) is 5.82 Å². The first kappa shape index (κ1) is 13.5. The summed E-state index contributed by atoms with van der Waals surface area (Å²) in [5, 5.41) is 16.2. The Morgan fingerprint density at radius 2 is 2.05 bits per heavy atom. The summed E-state index contributed by atoms with van der Waals surface area (Å²) in [6.07, 6.45) is 3.34. The number of rotatable bonds is 5. The van der Waals surface area contributed by atoms with Crippen LogP contribution in [-0.2, 0) is 6.42 Å². The predicted octanol–water partition coefficient (Wildman–Crippen LogP) is 2.87. The third-order valence-corrected chi connectivity index (χ3v) is 3.24. The molecule has 1 atom stereocenters. The number of H-pyrrole nitrogens is 1. The zero-order chi connectivity index (χ0) is 14.7. The number of aliphatic hydroxyl groups is 1. The Balaban J connectivity index is 1.64. The molecule has 5 nitrogen and oxygen atoms in total. The van der Waals surface area contributed by atoms with Gasteiger partial charge >= 0.3 is 0 Å². The Morgan fingerprint density at radius 1 is 1.24 bits per heavy atom. The molecule has 0 saturated carbocycles. The number of aryl methyl sites for hydroxylation is 1. The van der Waals surface area contributed by atoms with E-state index in [0.29, 0.717) is 18.7 Å². The second-order valence-electron chi connectivity index (χ2n) is 4.73. The number of aliphatic hydroxyl groups excluding tert-OH is 1. The molecule has 2 heterocycles. The van der Waals surface area contributed by atoms with Crippen LogP contribution in [0.2, 0.25) is 0 Å². The zero-order valence-corrected chi connectivity index (χ0v) is 11.2.